The highest BCUT2D eigenvalue weighted by Crippen LogP contribution is 2.56. The standard InChI is InChI=1S/C41H53NO16/c1-9-23(2)21-24(3)15-18-31(46)55-34-33(47)39(20-19-25(4)32(54-27(6)43)26(5)22-28-13-11-10-12-14-28)56-35(36(48)57-42-29(44)16-17-30(42)45)40(51,37(49)52-7)41(34,58-39)38(50)53-8/h10-15,18,23-24,26,32-35,47,51H,4,9,16-17,19-22H2,1-3,5-8H3/b18-15+/t23-,24+,26+,32+,33+,34+,35+,39+,40+,41+/m0/s1. The van der Waals surface area contributed by atoms with Crippen molar-refractivity contribution in [3.63, 3.8) is 0 Å². The number of hydroxylamine groups is 2. The van der Waals surface area contributed by atoms with Crippen LogP contribution >= 0.6 is 0 Å². The fraction of sp³-hybridized carbons (Fsp3) is 0.585. The number of carbonyl (C=O) groups is 7. The zero-order valence-corrected chi connectivity index (χ0v) is 33.8. The van der Waals surface area contributed by atoms with E-state index in [1.165, 1.54) is 13.0 Å². The number of allylic oxidation sites excluding steroid dienone is 1. The van der Waals surface area contributed by atoms with Crippen LogP contribution in [0.4, 0.5) is 0 Å². The number of amides is 2. The predicted octanol–water partition coefficient (Wildman–Crippen LogP) is 2.58. The Hall–Kier alpha value is -4.97. The smallest absolute Gasteiger partial charge is 0.365 e. The molecule has 3 heterocycles. The number of aliphatic hydroxyl groups is 2. The molecule has 3 saturated heterocycles. The van der Waals surface area contributed by atoms with E-state index in [1.807, 2.05) is 58.0 Å². The minimum Gasteiger partial charge on any atom is -0.467 e. The first-order chi connectivity index (χ1) is 27.3. The molecular formula is C41H53NO16. The Balaban J connectivity index is 1.82. The van der Waals surface area contributed by atoms with Crippen LogP contribution in [0, 0.1) is 17.8 Å². The van der Waals surface area contributed by atoms with Crippen molar-refractivity contribution in [3.8, 4) is 0 Å². The summed E-state index contributed by atoms with van der Waals surface area (Å²) in [5.41, 5.74) is -5.81. The Kier molecular flexibility index (Phi) is 14.8. The van der Waals surface area contributed by atoms with Crippen LogP contribution in [0.3, 0.4) is 0 Å². The molecule has 0 radical (unpaired) electrons. The summed E-state index contributed by atoms with van der Waals surface area (Å²) in [6.07, 6.45) is -5.13. The van der Waals surface area contributed by atoms with Gasteiger partial charge in [0.05, 0.1) is 14.2 Å². The monoisotopic (exact) mass is 815 g/mol. The van der Waals surface area contributed by atoms with Gasteiger partial charge in [-0.15, -0.1) is 5.06 Å². The number of hydrogen-bond acceptors (Lipinski definition) is 16. The topological polar surface area (TPSA) is 228 Å². The third-order valence-corrected chi connectivity index (χ3v) is 10.8. The Morgan fingerprint density at radius 2 is 1.64 bits per heavy atom. The van der Waals surface area contributed by atoms with Crippen molar-refractivity contribution in [2.45, 2.75) is 121 Å². The van der Waals surface area contributed by atoms with Gasteiger partial charge in [0, 0.05) is 38.2 Å². The van der Waals surface area contributed by atoms with Gasteiger partial charge in [0.15, 0.2) is 6.10 Å². The van der Waals surface area contributed by atoms with Gasteiger partial charge in [-0.1, -0.05) is 77.1 Å². The minimum absolute atomic E-state index is 0.108. The van der Waals surface area contributed by atoms with Gasteiger partial charge < -0.3 is 43.5 Å². The van der Waals surface area contributed by atoms with Crippen LogP contribution in [0.2, 0.25) is 0 Å². The van der Waals surface area contributed by atoms with E-state index in [0.717, 1.165) is 32.3 Å². The van der Waals surface area contributed by atoms with E-state index in [-0.39, 0.29) is 41.7 Å². The molecular weight excluding hydrogens is 762 g/mol. The van der Waals surface area contributed by atoms with Crippen molar-refractivity contribution >= 4 is 41.7 Å². The van der Waals surface area contributed by atoms with Crippen molar-refractivity contribution in [2.75, 3.05) is 14.2 Å². The molecule has 3 aliphatic heterocycles. The molecule has 2 amide bonds. The zero-order chi connectivity index (χ0) is 43.2. The molecule has 2 bridgehead atoms. The van der Waals surface area contributed by atoms with Crippen molar-refractivity contribution in [3.05, 3.63) is 60.2 Å². The number of carbonyl (C=O) groups excluding carboxylic acids is 7. The van der Waals surface area contributed by atoms with Crippen molar-refractivity contribution in [1.82, 2.24) is 5.06 Å². The van der Waals surface area contributed by atoms with Crippen LogP contribution in [0.25, 0.3) is 0 Å². The third-order valence-electron chi connectivity index (χ3n) is 10.8. The lowest BCUT2D eigenvalue weighted by atomic mass is 9.74. The van der Waals surface area contributed by atoms with E-state index in [0.29, 0.717) is 18.8 Å². The van der Waals surface area contributed by atoms with Crippen LogP contribution in [0.5, 0.6) is 0 Å². The van der Waals surface area contributed by atoms with Crippen molar-refractivity contribution < 1.29 is 77.0 Å². The Morgan fingerprint density at radius 1 is 1.02 bits per heavy atom. The average molecular weight is 816 g/mol. The summed E-state index contributed by atoms with van der Waals surface area (Å²) in [6.45, 7) is 13.1. The van der Waals surface area contributed by atoms with E-state index < -0.39 is 89.5 Å². The number of benzene rings is 1. The van der Waals surface area contributed by atoms with Gasteiger partial charge in [0.25, 0.3) is 17.4 Å². The van der Waals surface area contributed by atoms with E-state index in [2.05, 4.69) is 6.58 Å². The molecule has 4 rings (SSSR count). The molecule has 17 heteroatoms. The summed E-state index contributed by atoms with van der Waals surface area (Å²) >= 11 is 0. The first-order valence-electron chi connectivity index (χ1n) is 19.1. The molecule has 17 nitrogen and oxygen atoms in total. The van der Waals surface area contributed by atoms with Crippen LogP contribution in [0.15, 0.2) is 54.6 Å². The molecule has 0 aliphatic carbocycles. The molecule has 0 unspecified atom stereocenters. The first kappa shape index (κ1) is 45.7. The number of rotatable bonds is 18. The number of nitrogens with zero attached hydrogens (tertiary/aromatic N) is 1. The number of ether oxygens (including phenoxy) is 6. The molecule has 3 aliphatic rings. The number of aliphatic hydroxyl groups excluding tert-OH is 1. The highest BCUT2D eigenvalue weighted by atomic mass is 16.8. The third kappa shape index (κ3) is 9.02. The van der Waals surface area contributed by atoms with Gasteiger partial charge in [-0.05, 0) is 42.2 Å². The molecule has 1 aromatic carbocycles. The van der Waals surface area contributed by atoms with E-state index >= 15 is 0 Å². The van der Waals surface area contributed by atoms with Crippen molar-refractivity contribution in [1.29, 1.82) is 0 Å². The quantitative estimate of drug-likeness (QED) is 0.0714. The van der Waals surface area contributed by atoms with E-state index in [1.54, 1.807) is 0 Å². The maximum absolute atomic E-state index is 14.1. The Labute approximate surface area is 336 Å². The number of esters is 4. The maximum Gasteiger partial charge on any atom is 0.365 e. The molecule has 2 N–H and O–H groups in total. The number of methoxy groups -OCH3 is 2. The van der Waals surface area contributed by atoms with E-state index in [4.69, 9.17) is 33.3 Å². The molecule has 58 heavy (non-hydrogen) atoms. The van der Waals surface area contributed by atoms with Gasteiger partial charge in [0.1, 0.15) is 12.2 Å². The molecule has 0 spiro atoms. The number of imide groups is 1. The minimum atomic E-state index is -3.68. The second kappa shape index (κ2) is 18.7. The zero-order valence-electron chi connectivity index (χ0n) is 33.8. The van der Waals surface area contributed by atoms with Crippen LogP contribution in [-0.2, 0) is 73.2 Å². The second-order valence-corrected chi connectivity index (χ2v) is 15.1. The molecule has 0 aromatic heterocycles. The lowest BCUT2D eigenvalue weighted by molar-refractivity contribution is -0.376. The van der Waals surface area contributed by atoms with Crippen LogP contribution < -0.4 is 0 Å². The maximum atomic E-state index is 14.1. The lowest BCUT2D eigenvalue weighted by Gasteiger charge is -2.49. The lowest BCUT2D eigenvalue weighted by Crippen LogP contribution is -2.78. The molecule has 3 fully saturated rings. The molecule has 318 valence electrons. The number of hydrogen-bond donors (Lipinski definition) is 2. The van der Waals surface area contributed by atoms with Crippen LogP contribution in [-0.4, -0.2) is 113 Å². The number of fused-ring (bicyclic) bond motifs is 2. The Morgan fingerprint density at radius 3 is 2.21 bits per heavy atom. The highest BCUT2D eigenvalue weighted by molar-refractivity contribution is 6.03. The average Bonchev–Trinajstić information content (AvgIpc) is 3.62. The molecule has 1 aromatic rings. The molecule has 10 atom stereocenters. The summed E-state index contributed by atoms with van der Waals surface area (Å²) < 4.78 is 33.3. The largest absolute Gasteiger partial charge is 0.467 e. The van der Waals surface area contributed by atoms with Gasteiger partial charge in [0.2, 0.25) is 17.5 Å². The van der Waals surface area contributed by atoms with Crippen molar-refractivity contribution in [2.24, 2.45) is 17.8 Å². The van der Waals surface area contributed by atoms with E-state index in [9.17, 15) is 43.8 Å². The molecule has 0 saturated carbocycles. The summed E-state index contributed by atoms with van der Waals surface area (Å²) in [4.78, 5) is 97.6. The predicted molar refractivity (Wildman–Crippen MR) is 199 cm³/mol. The summed E-state index contributed by atoms with van der Waals surface area (Å²) in [7, 11) is 1.62. The highest BCUT2D eigenvalue weighted by Gasteiger charge is 2.86. The summed E-state index contributed by atoms with van der Waals surface area (Å²) in [5.74, 6) is -11.6. The Bertz CT molecular complexity index is 1760. The fourth-order valence-corrected chi connectivity index (χ4v) is 7.65. The normalized spacial score (nSPS) is 28.6. The van der Waals surface area contributed by atoms with Gasteiger partial charge in [-0.3, -0.25) is 14.4 Å². The SMILES string of the molecule is C=C(CC[C@@]12O[C@H](C(=O)ON3C(=O)CCC3=O)[C@@](O)(C(=O)OC)[C@@](C(=O)OC)(O1)[C@H](OC(=O)/C=C/[C@@H](C)C[C@@H](C)CC)[C@H]2O)[C@@H](OC(C)=O)[C@H](C)Cc1ccccc1. The first-order valence-corrected chi connectivity index (χ1v) is 19.1. The second-order valence-electron chi connectivity index (χ2n) is 15.1. The summed E-state index contributed by atoms with van der Waals surface area (Å²) in [6, 6.07) is 9.33. The van der Waals surface area contributed by atoms with Gasteiger partial charge >= 0.3 is 29.8 Å². The van der Waals surface area contributed by atoms with Gasteiger partial charge in [-0.2, -0.15) is 0 Å². The van der Waals surface area contributed by atoms with Crippen LogP contribution in [0.1, 0.15) is 78.7 Å². The fourth-order valence-electron chi connectivity index (χ4n) is 7.65. The van der Waals surface area contributed by atoms with Gasteiger partial charge in [-0.25, -0.2) is 19.2 Å². The summed E-state index contributed by atoms with van der Waals surface area (Å²) in [5, 5.41) is 24.7.